The smallest absolute Gasteiger partial charge is 0.321 e. The predicted molar refractivity (Wildman–Crippen MR) is 154 cm³/mol. The van der Waals surface area contributed by atoms with Crippen LogP contribution in [0.4, 0.5) is 4.39 Å². The first-order chi connectivity index (χ1) is 19.5. The summed E-state index contributed by atoms with van der Waals surface area (Å²) in [4.78, 5) is 22.3. The molecule has 3 unspecified atom stereocenters. The molecule has 2 bridgehead atoms. The lowest BCUT2D eigenvalue weighted by molar-refractivity contribution is -0.145. The number of fused-ring (bicyclic) bond motifs is 3. The van der Waals surface area contributed by atoms with Gasteiger partial charge in [-0.05, 0) is 80.2 Å². The molecule has 7 heteroatoms. The van der Waals surface area contributed by atoms with Crippen LogP contribution in [0, 0.1) is 17.7 Å². The summed E-state index contributed by atoms with van der Waals surface area (Å²) in [6, 6.07) is 16.6. The zero-order chi connectivity index (χ0) is 27.2. The van der Waals surface area contributed by atoms with Gasteiger partial charge >= 0.3 is 5.97 Å². The van der Waals surface area contributed by atoms with Gasteiger partial charge < -0.3 is 9.67 Å². The molecule has 4 heterocycles. The molecule has 7 rings (SSSR count). The molecule has 3 aliphatic heterocycles. The van der Waals surface area contributed by atoms with Crippen molar-refractivity contribution in [2.45, 2.75) is 87.9 Å². The van der Waals surface area contributed by atoms with Crippen molar-refractivity contribution in [3.05, 3.63) is 66.2 Å². The Balaban J connectivity index is 1.12. The Labute approximate surface area is 236 Å². The number of carbonyl (C=O) groups is 1. The minimum absolute atomic E-state index is 0.149. The SMILES string of the molecule is O=C(O)[C@@H](C1CCCCC1)N1CC(c2cccc(F)c2)[C@@H](CN2C3CCC2CC(n2cnc4ccccc42)C3)C1. The van der Waals surface area contributed by atoms with Gasteiger partial charge in [0.2, 0.25) is 0 Å². The van der Waals surface area contributed by atoms with Crippen LogP contribution in [0.2, 0.25) is 0 Å². The number of hydrogen-bond donors (Lipinski definition) is 1. The molecule has 6 nitrogen and oxygen atoms in total. The van der Waals surface area contributed by atoms with Crippen LogP contribution in [0.1, 0.15) is 75.3 Å². The van der Waals surface area contributed by atoms with E-state index >= 15 is 0 Å². The third-order valence-corrected chi connectivity index (χ3v) is 10.7. The Morgan fingerprint density at radius 2 is 1.73 bits per heavy atom. The fraction of sp³-hybridized carbons (Fsp3) is 0.576. The monoisotopic (exact) mass is 544 g/mol. The standard InChI is InChI=1S/C33H41FN4O2/c34-25-10-6-9-23(15-25)29-20-36(32(33(39)40)22-7-2-1-3-8-22)18-24(29)19-37-26-13-14-27(37)17-28(16-26)38-21-35-30-11-4-5-12-31(30)38/h4-6,9-12,15,21-22,24,26-29,32H,1-3,7-8,13-14,16-20H2,(H,39,40)/t24-,26?,27?,28?,29?,32-/m1/s1. The maximum absolute atomic E-state index is 14.4. The van der Waals surface area contributed by atoms with Gasteiger partial charge in [0.15, 0.2) is 0 Å². The summed E-state index contributed by atoms with van der Waals surface area (Å²) in [5.74, 6) is -0.226. The zero-order valence-corrected chi connectivity index (χ0v) is 23.2. The van der Waals surface area contributed by atoms with E-state index in [0.717, 1.165) is 62.7 Å². The van der Waals surface area contributed by atoms with Crippen LogP contribution in [0.15, 0.2) is 54.9 Å². The first-order valence-electron chi connectivity index (χ1n) is 15.4. The largest absolute Gasteiger partial charge is 0.480 e. The van der Waals surface area contributed by atoms with Crippen LogP contribution in [0.25, 0.3) is 11.0 Å². The highest BCUT2D eigenvalue weighted by Crippen LogP contribution is 2.45. The maximum Gasteiger partial charge on any atom is 0.321 e. The number of hydrogen-bond acceptors (Lipinski definition) is 4. The van der Waals surface area contributed by atoms with Gasteiger partial charge in [0.25, 0.3) is 0 Å². The van der Waals surface area contributed by atoms with Crippen LogP contribution < -0.4 is 0 Å². The number of imidazole rings is 1. The fourth-order valence-electron chi connectivity index (χ4n) is 8.85. The summed E-state index contributed by atoms with van der Waals surface area (Å²) in [7, 11) is 0. The number of carboxylic acids is 1. The second kappa shape index (κ2) is 10.9. The van der Waals surface area contributed by atoms with Gasteiger partial charge in [0.05, 0.1) is 17.4 Å². The average molecular weight is 545 g/mol. The third kappa shape index (κ3) is 4.85. The van der Waals surface area contributed by atoms with E-state index < -0.39 is 12.0 Å². The number of likely N-dealkylation sites (tertiary alicyclic amines) is 1. The molecule has 3 aromatic rings. The number of piperidine rings is 1. The van der Waals surface area contributed by atoms with E-state index in [-0.39, 0.29) is 17.7 Å². The number of aliphatic carboxylic acids is 1. The van der Waals surface area contributed by atoms with E-state index in [1.807, 2.05) is 18.5 Å². The van der Waals surface area contributed by atoms with Crippen molar-refractivity contribution in [3.63, 3.8) is 0 Å². The molecule has 2 aromatic carbocycles. The number of carboxylic acid groups (broad SMARTS) is 1. The molecule has 3 saturated heterocycles. The molecule has 4 fully saturated rings. The lowest BCUT2D eigenvalue weighted by Gasteiger charge is -2.41. The molecule has 5 atom stereocenters. The van der Waals surface area contributed by atoms with E-state index in [0.29, 0.717) is 30.6 Å². The highest BCUT2D eigenvalue weighted by atomic mass is 19.1. The zero-order valence-electron chi connectivity index (χ0n) is 23.2. The van der Waals surface area contributed by atoms with Gasteiger partial charge in [-0.1, -0.05) is 43.5 Å². The summed E-state index contributed by atoms with van der Waals surface area (Å²) in [5, 5.41) is 10.4. The number of halogens is 1. The van der Waals surface area contributed by atoms with E-state index in [4.69, 9.17) is 0 Å². The first kappa shape index (κ1) is 26.1. The van der Waals surface area contributed by atoms with Gasteiger partial charge in [-0.3, -0.25) is 14.6 Å². The normalized spacial score (nSPS) is 30.7. The van der Waals surface area contributed by atoms with Gasteiger partial charge in [-0.25, -0.2) is 9.37 Å². The quantitative estimate of drug-likeness (QED) is 0.390. The number of para-hydroxylation sites is 2. The van der Waals surface area contributed by atoms with E-state index in [1.165, 1.54) is 30.8 Å². The lowest BCUT2D eigenvalue weighted by atomic mass is 9.83. The minimum atomic E-state index is -0.681. The Kier molecular flexibility index (Phi) is 7.13. The van der Waals surface area contributed by atoms with E-state index in [9.17, 15) is 14.3 Å². The molecular weight excluding hydrogens is 503 g/mol. The second-order valence-electron chi connectivity index (χ2n) is 12.9. The molecule has 40 heavy (non-hydrogen) atoms. The lowest BCUT2D eigenvalue weighted by Crippen LogP contribution is -2.48. The number of rotatable bonds is 7. The van der Waals surface area contributed by atoms with Crippen molar-refractivity contribution in [2.24, 2.45) is 11.8 Å². The van der Waals surface area contributed by atoms with Crippen LogP contribution in [-0.4, -0.2) is 68.2 Å². The number of benzene rings is 2. The topological polar surface area (TPSA) is 61.6 Å². The van der Waals surface area contributed by atoms with Crippen LogP contribution in [0.5, 0.6) is 0 Å². The molecule has 1 saturated carbocycles. The summed E-state index contributed by atoms with van der Waals surface area (Å²) >= 11 is 0. The van der Waals surface area contributed by atoms with E-state index in [1.54, 1.807) is 6.07 Å². The molecule has 1 aromatic heterocycles. The second-order valence-corrected chi connectivity index (χ2v) is 12.9. The molecular formula is C33H41FN4O2. The van der Waals surface area contributed by atoms with Gasteiger partial charge in [-0.2, -0.15) is 0 Å². The van der Waals surface area contributed by atoms with Crippen LogP contribution >= 0.6 is 0 Å². The maximum atomic E-state index is 14.4. The Hall–Kier alpha value is -2.77. The van der Waals surface area contributed by atoms with Crippen molar-refractivity contribution in [2.75, 3.05) is 19.6 Å². The average Bonchev–Trinajstić information content (AvgIpc) is 3.63. The van der Waals surface area contributed by atoms with Crippen molar-refractivity contribution in [1.82, 2.24) is 19.4 Å². The summed E-state index contributed by atoms with van der Waals surface area (Å²) in [6.45, 7) is 2.44. The van der Waals surface area contributed by atoms with E-state index in [2.05, 4.69) is 43.6 Å². The van der Waals surface area contributed by atoms with Gasteiger partial charge in [-0.15, -0.1) is 0 Å². The summed E-state index contributed by atoms with van der Waals surface area (Å²) in [6.07, 6.45) is 12.2. The molecule has 1 N–H and O–H groups in total. The molecule has 0 radical (unpaired) electrons. The Morgan fingerprint density at radius 1 is 0.950 bits per heavy atom. The number of nitrogens with zero attached hydrogens (tertiary/aromatic N) is 4. The molecule has 1 aliphatic carbocycles. The summed E-state index contributed by atoms with van der Waals surface area (Å²) < 4.78 is 16.8. The molecule has 212 valence electrons. The fourth-order valence-corrected chi connectivity index (χ4v) is 8.85. The van der Waals surface area contributed by atoms with Crippen LogP contribution in [0.3, 0.4) is 0 Å². The third-order valence-electron chi connectivity index (χ3n) is 10.7. The van der Waals surface area contributed by atoms with Gasteiger partial charge in [0, 0.05) is 43.7 Å². The van der Waals surface area contributed by atoms with Gasteiger partial charge in [0.1, 0.15) is 11.9 Å². The molecule has 4 aliphatic rings. The number of aromatic nitrogens is 2. The summed E-state index contributed by atoms with van der Waals surface area (Å²) in [5.41, 5.74) is 3.31. The first-order valence-corrected chi connectivity index (χ1v) is 15.4. The predicted octanol–water partition coefficient (Wildman–Crippen LogP) is 6.09. The van der Waals surface area contributed by atoms with Crippen molar-refractivity contribution >= 4 is 17.0 Å². The Morgan fingerprint density at radius 3 is 2.48 bits per heavy atom. The highest BCUT2D eigenvalue weighted by molar-refractivity contribution is 5.75. The molecule has 0 amide bonds. The Bertz CT molecular complexity index is 1340. The van der Waals surface area contributed by atoms with Crippen molar-refractivity contribution in [1.29, 1.82) is 0 Å². The van der Waals surface area contributed by atoms with Crippen molar-refractivity contribution in [3.8, 4) is 0 Å². The highest BCUT2D eigenvalue weighted by Gasteiger charge is 2.47. The van der Waals surface area contributed by atoms with Crippen LogP contribution in [-0.2, 0) is 4.79 Å². The molecule has 0 spiro atoms. The van der Waals surface area contributed by atoms with Crippen molar-refractivity contribution < 1.29 is 14.3 Å². The minimum Gasteiger partial charge on any atom is -0.480 e.